The van der Waals surface area contributed by atoms with E-state index in [2.05, 4.69) is 20.2 Å². The van der Waals surface area contributed by atoms with Crippen molar-refractivity contribution in [2.24, 2.45) is 0 Å². The molecule has 0 saturated carbocycles. The highest BCUT2D eigenvalue weighted by Gasteiger charge is 2.24. The maximum Gasteiger partial charge on any atom is 0.263 e. The van der Waals surface area contributed by atoms with Crippen LogP contribution < -0.4 is 15.4 Å². The Labute approximate surface area is 139 Å². The molecule has 130 valence electrons. The minimum absolute atomic E-state index is 0.244. The Morgan fingerprint density at radius 3 is 2.32 bits per heavy atom. The van der Waals surface area contributed by atoms with Gasteiger partial charge in [0.25, 0.3) is 5.56 Å². The zero-order valence-corrected chi connectivity index (χ0v) is 12.9. The molecule has 1 aliphatic heterocycles. The van der Waals surface area contributed by atoms with E-state index in [4.69, 9.17) is 0 Å². The van der Waals surface area contributed by atoms with E-state index in [-0.39, 0.29) is 11.2 Å². The van der Waals surface area contributed by atoms with Gasteiger partial charge in [0, 0.05) is 38.3 Å². The van der Waals surface area contributed by atoms with Crippen LogP contribution in [-0.4, -0.2) is 46.3 Å². The minimum Gasteiger partial charge on any atom is -0.363 e. The Kier molecular flexibility index (Phi) is 3.59. The lowest BCUT2D eigenvalue weighted by atomic mass is 10.2. The molecule has 2 aromatic heterocycles. The van der Waals surface area contributed by atoms with Crippen molar-refractivity contribution in [3.63, 3.8) is 0 Å². The number of aromatic amines is 2. The van der Waals surface area contributed by atoms with Crippen molar-refractivity contribution in [2.45, 2.75) is 0 Å². The van der Waals surface area contributed by atoms with E-state index in [1.54, 1.807) is 4.90 Å². The van der Waals surface area contributed by atoms with Gasteiger partial charge in [-0.1, -0.05) is 0 Å². The quantitative estimate of drug-likeness (QED) is 0.730. The van der Waals surface area contributed by atoms with Crippen molar-refractivity contribution in [3.05, 3.63) is 46.1 Å². The molecule has 2 N–H and O–H groups in total. The van der Waals surface area contributed by atoms with E-state index in [9.17, 15) is 18.0 Å². The lowest BCUT2D eigenvalue weighted by Crippen LogP contribution is -2.48. The number of nitrogens with zero attached hydrogens (tertiary/aromatic N) is 4. The summed E-state index contributed by atoms with van der Waals surface area (Å²) in [7, 11) is 0. The first-order valence-electron chi connectivity index (χ1n) is 7.61. The average Bonchev–Trinajstić information content (AvgIpc) is 3.03. The van der Waals surface area contributed by atoms with Crippen LogP contribution >= 0.6 is 0 Å². The van der Waals surface area contributed by atoms with Gasteiger partial charge in [-0.15, -0.1) is 0 Å². The third-order valence-electron chi connectivity index (χ3n) is 4.18. The van der Waals surface area contributed by atoms with Crippen molar-refractivity contribution in [1.29, 1.82) is 0 Å². The van der Waals surface area contributed by atoms with E-state index in [1.165, 1.54) is 11.1 Å². The van der Waals surface area contributed by atoms with Crippen LogP contribution in [0.25, 0.3) is 11.0 Å². The van der Waals surface area contributed by atoms with Crippen LogP contribution in [0.15, 0.2) is 23.1 Å². The number of aromatic nitrogens is 4. The van der Waals surface area contributed by atoms with Gasteiger partial charge in [0.15, 0.2) is 17.3 Å². The number of rotatable bonds is 2. The second-order valence-electron chi connectivity index (χ2n) is 5.71. The third-order valence-corrected chi connectivity index (χ3v) is 4.18. The van der Waals surface area contributed by atoms with Gasteiger partial charge in [-0.3, -0.25) is 14.9 Å². The van der Waals surface area contributed by atoms with Gasteiger partial charge in [-0.25, -0.2) is 13.2 Å². The Hall–Kier alpha value is -3.04. The molecule has 1 fully saturated rings. The molecule has 4 rings (SSSR count). The zero-order valence-electron chi connectivity index (χ0n) is 12.9. The first kappa shape index (κ1) is 15.5. The number of fused-ring (bicyclic) bond motifs is 1. The summed E-state index contributed by atoms with van der Waals surface area (Å²) in [6, 6.07) is 1.33. The topological polar surface area (TPSA) is 80.9 Å². The molecule has 3 heterocycles. The van der Waals surface area contributed by atoms with Crippen LogP contribution in [0.5, 0.6) is 0 Å². The SMILES string of the molecule is O=c1[nH]c(N2CCN(c3c(F)cc(F)cc3F)CC2)nc2[nH]ncc12. The van der Waals surface area contributed by atoms with E-state index in [0.29, 0.717) is 55.3 Å². The highest BCUT2D eigenvalue weighted by molar-refractivity contribution is 5.73. The molecule has 10 heteroatoms. The van der Waals surface area contributed by atoms with Crippen molar-refractivity contribution in [1.82, 2.24) is 20.2 Å². The van der Waals surface area contributed by atoms with E-state index < -0.39 is 17.5 Å². The van der Waals surface area contributed by atoms with Crippen molar-refractivity contribution >= 4 is 22.7 Å². The molecule has 0 aliphatic carbocycles. The predicted octanol–water partition coefficient (Wildman–Crippen LogP) is 1.39. The third kappa shape index (κ3) is 2.69. The van der Waals surface area contributed by atoms with Gasteiger partial charge >= 0.3 is 0 Å². The Morgan fingerprint density at radius 1 is 1.00 bits per heavy atom. The number of halogens is 3. The molecule has 7 nitrogen and oxygen atoms in total. The van der Waals surface area contributed by atoms with Crippen LogP contribution in [0.4, 0.5) is 24.8 Å². The van der Waals surface area contributed by atoms with E-state index in [1.807, 2.05) is 0 Å². The Balaban J connectivity index is 1.56. The van der Waals surface area contributed by atoms with Gasteiger partial charge in [-0.2, -0.15) is 10.1 Å². The molecule has 1 aromatic carbocycles. The second-order valence-corrected chi connectivity index (χ2v) is 5.71. The second kappa shape index (κ2) is 5.80. The summed E-state index contributed by atoms with van der Waals surface area (Å²) < 4.78 is 40.8. The molecular formula is C15H13F3N6O. The Morgan fingerprint density at radius 2 is 1.64 bits per heavy atom. The highest BCUT2D eigenvalue weighted by atomic mass is 19.1. The lowest BCUT2D eigenvalue weighted by molar-refractivity contribution is 0.528. The highest BCUT2D eigenvalue weighted by Crippen LogP contribution is 2.26. The molecule has 0 unspecified atom stereocenters. The molecule has 0 amide bonds. The molecule has 0 radical (unpaired) electrons. The van der Waals surface area contributed by atoms with Crippen LogP contribution in [0.1, 0.15) is 0 Å². The summed E-state index contributed by atoms with van der Waals surface area (Å²) >= 11 is 0. The zero-order chi connectivity index (χ0) is 17.6. The molecule has 1 aliphatic rings. The van der Waals surface area contributed by atoms with Crippen molar-refractivity contribution < 1.29 is 13.2 Å². The summed E-state index contributed by atoms with van der Waals surface area (Å²) in [4.78, 5) is 22.3. The minimum atomic E-state index is -0.952. The van der Waals surface area contributed by atoms with Gasteiger partial charge in [0.1, 0.15) is 16.9 Å². The molecule has 0 spiro atoms. The summed E-state index contributed by atoms with van der Waals surface area (Å²) in [6.07, 6.45) is 1.39. The summed E-state index contributed by atoms with van der Waals surface area (Å²) in [5.41, 5.74) is -0.185. The molecule has 3 aromatic rings. The first-order valence-corrected chi connectivity index (χ1v) is 7.61. The molecule has 0 atom stereocenters. The maximum atomic E-state index is 13.9. The van der Waals surface area contributed by atoms with Crippen LogP contribution in [0.2, 0.25) is 0 Å². The standard InChI is InChI=1S/C15H13F3N6O/c16-8-5-10(17)12(11(18)6-8)23-1-3-24(4-2-23)15-20-13-9(7-19-22-13)14(25)21-15/h5-7H,1-4H2,(H2,19,20,21,22,25). The largest absolute Gasteiger partial charge is 0.363 e. The normalized spacial score (nSPS) is 15.2. The smallest absolute Gasteiger partial charge is 0.263 e. The number of hydrogen-bond acceptors (Lipinski definition) is 5. The number of hydrogen-bond donors (Lipinski definition) is 2. The summed E-state index contributed by atoms with van der Waals surface area (Å²) in [6.45, 7) is 1.37. The van der Waals surface area contributed by atoms with Gasteiger partial charge in [0.2, 0.25) is 5.95 Å². The molecule has 0 bridgehead atoms. The fourth-order valence-corrected chi connectivity index (χ4v) is 2.96. The lowest BCUT2D eigenvalue weighted by Gasteiger charge is -2.36. The molecule has 25 heavy (non-hydrogen) atoms. The van der Waals surface area contributed by atoms with Crippen molar-refractivity contribution in [3.8, 4) is 0 Å². The monoisotopic (exact) mass is 350 g/mol. The maximum absolute atomic E-state index is 13.9. The number of piperazine rings is 1. The predicted molar refractivity (Wildman–Crippen MR) is 85.3 cm³/mol. The van der Waals surface area contributed by atoms with Crippen LogP contribution in [-0.2, 0) is 0 Å². The van der Waals surface area contributed by atoms with Crippen LogP contribution in [0, 0.1) is 17.5 Å². The van der Waals surface area contributed by atoms with Gasteiger partial charge in [-0.05, 0) is 0 Å². The van der Waals surface area contributed by atoms with Crippen molar-refractivity contribution in [2.75, 3.05) is 36.0 Å². The number of H-pyrrole nitrogens is 2. The Bertz CT molecular complexity index is 969. The summed E-state index contributed by atoms with van der Waals surface area (Å²) in [5, 5.41) is 6.78. The van der Waals surface area contributed by atoms with Gasteiger partial charge in [0.05, 0.1) is 6.20 Å². The van der Waals surface area contributed by atoms with E-state index in [0.717, 1.165) is 0 Å². The number of nitrogens with one attached hydrogen (secondary N) is 2. The average molecular weight is 350 g/mol. The summed E-state index contributed by atoms with van der Waals surface area (Å²) in [5.74, 6) is -2.46. The van der Waals surface area contributed by atoms with E-state index >= 15 is 0 Å². The first-order chi connectivity index (χ1) is 12.0. The number of anilines is 2. The number of benzene rings is 1. The fourth-order valence-electron chi connectivity index (χ4n) is 2.96. The van der Waals surface area contributed by atoms with Gasteiger partial charge < -0.3 is 9.80 Å². The fraction of sp³-hybridized carbons (Fsp3) is 0.267. The van der Waals surface area contributed by atoms with Crippen LogP contribution in [0.3, 0.4) is 0 Å². The molecule has 1 saturated heterocycles. The molecular weight excluding hydrogens is 337 g/mol.